The summed E-state index contributed by atoms with van der Waals surface area (Å²) < 4.78 is 53.3. The van der Waals surface area contributed by atoms with Crippen molar-refractivity contribution >= 4 is 16.0 Å². The van der Waals surface area contributed by atoms with Crippen LogP contribution in [0.15, 0.2) is 48.8 Å². The van der Waals surface area contributed by atoms with Gasteiger partial charge in [0.25, 0.3) is 0 Å². The molecule has 0 spiro atoms. The summed E-state index contributed by atoms with van der Waals surface area (Å²) in [5, 5.41) is 7.32. The molecule has 4 rings (SSSR count). The lowest BCUT2D eigenvalue weighted by atomic mass is 10.2. The molecule has 2 atom stereocenters. The zero-order valence-corrected chi connectivity index (χ0v) is 23.1. The van der Waals surface area contributed by atoms with Crippen LogP contribution in [0.4, 0.5) is 5.95 Å². The Bertz CT molecular complexity index is 1520. The molecule has 3 heterocycles. The van der Waals surface area contributed by atoms with Crippen molar-refractivity contribution < 1.29 is 27.4 Å². The second-order valence-corrected chi connectivity index (χ2v) is 10.4. The molecule has 0 aliphatic rings. The first-order chi connectivity index (χ1) is 18.7. The molecule has 0 unspecified atom stereocenters. The van der Waals surface area contributed by atoms with Crippen molar-refractivity contribution in [3.63, 3.8) is 0 Å². The molecule has 0 fully saturated rings. The lowest BCUT2D eigenvalue weighted by Gasteiger charge is -2.23. The Morgan fingerprint density at radius 2 is 1.54 bits per heavy atom. The Morgan fingerprint density at radius 1 is 0.897 bits per heavy atom. The summed E-state index contributed by atoms with van der Waals surface area (Å²) in [5.41, 5.74) is 1.57. The van der Waals surface area contributed by atoms with Gasteiger partial charge in [0, 0.05) is 25.6 Å². The molecule has 39 heavy (non-hydrogen) atoms. The summed E-state index contributed by atoms with van der Waals surface area (Å²) in [7, 11) is 1.73. The predicted octanol–water partition coefficient (Wildman–Crippen LogP) is 2.97. The van der Waals surface area contributed by atoms with Crippen LogP contribution >= 0.6 is 0 Å². The summed E-state index contributed by atoms with van der Waals surface area (Å²) in [6, 6.07) is 10.3. The van der Waals surface area contributed by atoms with Crippen LogP contribution in [0.1, 0.15) is 24.4 Å². The summed E-state index contributed by atoms with van der Waals surface area (Å²) >= 11 is 0. The van der Waals surface area contributed by atoms with Gasteiger partial charge in [0.2, 0.25) is 21.9 Å². The van der Waals surface area contributed by atoms with E-state index in [1.165, 1.54) is 39.9 Å². The normalized spacial score (nSPS) is 13.0. The zero-order valence-electron chi connectivity index (χ0n) is 22.3. The number of hydrogen-bond donors (Lipinski definition) is 1. The molecule has 0 saturated heterocycles. The zero-order chi connectivity index (χ0) is 28.2. The van der Waals surface area contributed by atoms with E-state index in [4.69, 9.17) is 18.9 Å². The van der Waals surface area contributed by atoms with Crippen molar-refractivity contribution in [2.75, 3.05) is 33.2 Å². The number of aromatic nitrogens is 6. The van der Waals surface area contributed by atoms with Gasteiger partial charge in [0.05, 0.1) is 21.3 Å². The van der Waals surface area contributed by atoms with E-state index in [1.54, 1.807) is 48.8 Å². The molecule has 14 heteroatoms. The Kier molecular flexibility index (Phi) is 8.26. The van der Waals surface area contributed by atoms with Crippen LogP contribution in [0.25, 0.3) is 17.2 Å². The number of para-hydroxylation sites is 1. The number of hydrogen-bond acceptors (Lipinski definition) is 11. The van der Waals surface area contributed by atoms with Crippen LogP contribution in [-0.4, -0.2) is 71.8 Å². The van der Waals surface area contributed by atoms with E-state index < -0.39 is 21.4 Å². The number of ether oxygens (including phenoxy) is 4. The van der Waals surface area contributed by atoms with E-state index in [0.29, 0.717) is 28.8 Å². The van der Waals surface area contributed by atoms with Crippen LogP contribution in [0, 0.1) is 6.92 Å². The van der Waals surface area contributed by atoms with Gasteiger partial charge in [-0.05, 0) is 37.6 Å². The monoisotopic (exact) mass is 555 g/mol. The molecule has 3 aromatic heterocycles. The molecule has 0 amide bonds. The number of anilines is 1. The highest BCUT2D eigenvalue weighted by Gasteiger charge is 2.35. The molecule has 0 bridgehead atoms. The quantitative estimate of drug-likeness (QED) is 0.291. The number of aryl methyl sites for hydroxylation is 1. The maximum atomic E-state index is 13.7. The molecule has 1 N–H and O–H groups in total. The van der Waals surface area contributed by atoms with Crippen LogP contribution in [0.2, 0.25) is 0 Å². The van der Waals surface area contributed by atoms with Crippen LogP contribution < -0.4 is 18.9 Å². The highest BCUT2D eigenvalue weighted by atomic mass is 32.2. The molecule has 0 aliphatic heterocycles. The van der Waals surface area contributed by atoms with E-state index in [0.717, 1.165) is 5.56 Å². The fourth-order valence-corrected chi connectivity index (χ4v) is 5.00. The third-order valence-electron chi connectivity index (χ3n) is 5.91. The minimum absolute atomic E-state index is 0.121. The second kappa shape index (κ2) is 11.6. The average Bonchev–Trinajstić information content (AvgIpc) is 3.35. The molecule has 0 saturated carbocycles. The third-order valence-corrected chi connectivity index (χ3v) is 7.60. The van der Waals surface area contributed by atoms with E-state index in [1.807, 2.05) is 6.92 Å². The van der Waals surface area contributed by atoms with Gasteiger partial charge < -0.3 is 18.9 Å². The lowest BCUT2D eigenvalue weighted by Crippen LogP contribution is -2.33. The Hall–Kier alpha value is -4.30. The number of methoxy groups -OCH3 is 4. The SMILES string of the molecule is COc1cccc(-c2nnc(NS(=O)(=O)[C@@H](C)[C@H](OC)c3ncc(C)cn3)n2-c2c(OC)cccc2OC)n1. The highest BCUT2D eigenvalue weighted by molar-refractivity contribution is 7.93. The van der Waals surface area contributed by atoms with Crippen molar-refractivity contribution in [3.05, 3.63) is 60.2 Å². The standard InChI is InChI=1S/C25H29N7O6S/c1-15-13-26-23(27-14-15)22(38-6)16(2)39(33,34)31-25-30-29-24(17-9-7-12-20(28-17)37-5)32(25)21-18(35-3)10-8-11-19(21)36-4/h7-14,16,22H,1-6H3,(H,30,31)/t16-,22-/m0/s1. The fourth-order valence-electron chi connectivity index (χ4n) is 3.87. The molecule has 0 aliphatic carbocycles. The molecule has 206 valence electrons. The van der Waals surface area contributed by atoms with Gasteiger partial charge in [-0.2, -0.15) is 0 Å². The van der Waals surface area contributed by atoms with Gasteiger partial charge in [0.1, 0.15) is 34.2 Å². The van der Waals surface area contributed by atoms with Crippen LogP contribution in [-0.2, 0) is 14.8 Å². The second-order valence-electron chi connectivity index (χ2n) is 8.39. The van der Waals surface area contributed by atoms with Crippen molar-refractivity contribution in [3.8, 4) is 34.6 Å². The Labute approximate surface area is 226 Å². The van der Waals surface area contributed by atoms with Crippen molar-refractivity contribution in [1.29, 1.82) is 0 Å². The van der Waals surface area contributed by atoms with Gasteiger partial charge in [0.15, 0.2) is 11.6 Å². The molecular weight excluding hydrogens is 526 g/mol. The van der Waals surface area contributed by atoms with Gasteiger partial charge in [-0.1, -0.05) is 12.1 Å². The van der Waals surface area contributed by atoms with E-state index >= 15 is 0 Å². The number of nitrogens with one attached hydrogen (secondary N) is 1. The number of pyridine rings is 1. The lowest BCUT2D eigenvalue weighted by molar-refractivity contribution is 0.0949. The topological polar surface area (TPSA) is 152 Å². The number of nitrogens with zero attached hydrogens (tertiary/aromatic N) is 6. The number of sulfonamides is 1. The van der Waals surface area contributed by atoms with Gasteiger partial charge in [-0.15, -0.1) is 10.2 Å². The maximum absolute atomic E-state index is 13.7. The van der Waals surface area contributed by atoms with Crippen LogP contribution in [0.3, 0.4) is 0 Å². The van der Waals surface area contributed by atoms with Gasteiger partial charge >= 0.3 is 0 Å². The van der Waals surface area contributed by atoms with E-state index in [-0.39, 0.29) is 17.6 Å². The van der Waals surface area contributed by atoms with Crippen molar-refractivity contribution in [2.45, 2.75) is 25.2 Å². The molecule has 0 radical (unpaired) electrons. The minimum atomic E-state index is -4.14. The molecule has 4 aromatic rings. The van der Waals surface area contributed by atoms with Gasteiger partial charge in [-0.3, -0.25) is 9.29 Å². The highest BCUT2D eigenvalue weighted by Crippen LogP contribution is 2.38. The summed E-state index contributed by atoms with van der Waals surface area (Å²) in [5.74, 6) is 1.43. The average molecular weight is 556 g/mol. The van der Waals surface area contributed by atoms with Crippen molar-refractivity contribution in [1.82, 2.24) is 29.7 Å². The van der Waals surface area contributed by atoms with Crippen LogP contribution in [0.5, 0.6) is 17.4 Å². The van der Waals surface area contributed by atoms with E-state index in [2.05, 4.69) is 29.9 Å². The fraction of sp³-hybridized carbons (Fsp3) is 0.320. The van der Waals surface area contributed by atoms with Crippen molar-refractivity contribution in [2.24, 2.45) is 0 Å². The Balaban J connectivity index is 1.85. The van der Waals surface area contributed by atoms with Gasteiger partial charge in [-0.25, -0.2) is 23.4 Å². The summed E-state index contributed by atoms with van der Waals surface area (Å²) in [6.07, 6.45) is 2.23. The first-order valence-electron chi connectivity index (χ1n) is 11.7. The maximum Gasteiger partial charge on any atom is 0.243 e. The summed E-state index contributed by atoms with van der Waals surface area (Å²) in [6.45, 7) is 3.33. The first kappa shape index (κ1) is 27.7. The van der Waals surface area contributed by atoms with E-state index in [9.17, 15) is 8.42 Å². The molecule has 13 nitrogen and oxygen atoms in total. The Morgan fingerprint density at radius 3 is 2.13 bits per heavy atom. The molecular formula is C25H29N7O6S. The third kappa shape index (κ3) is 5.61. The molecule has 1 aromatic carbocycles. The minimum Gasteiger partial charge on any atom is -0.494 e. The summed E-state index contributed by atoms with van der Waals surface area (Å²) in [4.78, 5) is 12.9. The first-order valence-corrected chi connectivity index (χ1v) is 13.3. The predicted molar refractivity (Wildman–Crippen MR) is 143 cm³/mol. The largest absolute Gasteiger partial charge is 0.494 e. The smallest absolute Gasteiger partial charge is 0.243 e. The number of benzene rings is 1. The number of rotatable bonds is 11.